The van der Waals surface area contributed by atoms with E-state index in [9.17, 15) is 9.59 Å². The van der Waals surface area contributed by atoms with Gasteiger partial charge in [-0.15, -0.1) is 0 Å². The Labute approximate surface area is 156 Å². The van der Waals surface area contributed by atoms with E-state index in [1.807, 2.05) is 55.6 Å². The van der Waals surface area contributed by atoms with Gasteiger partial charge >= 0.3 is 0 Å². The molecule has 3 nitrogen and oxygen atoms in total. The van der Waals surface area contributed by atoms with Gasteiger partial charge in [0.1, 0.15) is 0 Å². The number of allylic oxidation sites excluding steroid dienone is 1. The first-order valence-corrected chi connectivity index (χ1v) is 9.34. The van der Waals surface area contributed by atoms with Crippen LogP contribution in [-0.4, -0.2) is 7.05 Å². The summed E-state index contributed by atoms with van der Waals surface area (Å²) < 4.78 is 0. The second-order valence-corrected chi connectivity index (χ2v) is 8.13. The molecule has 4 rings (SSSR count). The fourth-order valence-electron chi connectivity index (χ4n) is 3.62. The van der Waals surface area contributed by atoms with Crippen molar-refractivity contribution in [2.24, 2.45) is 0 Å². The number of hydrogen-bond donors (Lipinski definition) is 0. The fourth-order valence-corrected chi connectivity index (χ4v) is 4.60. The number of benzene rings is 2. The van der Waals surface area contributed by atoms with Crippen LogP contribution in [0, 0.1) is 0 Å². The average Bonchev–Trinajstić information content (AvgIpc) is 2.85. The van der Waals surface area contributed by atoms with Gasteiger partial charge in [0.2, 0.25) is 10.9 Å². The maximum atomic E-state index is 12.3. The highest BCUT2D eigenvalue weighted by molar-refractivity contribution is 7.99. The number of fused-ring (bicyclic) bond motifs is 1. The topological polar surface area (TPSA) is 37.4 Å². The average molecular weight is 361 g/mol. The van der Waals surface area contributed by atoms with Crippen molar-refractivity contribution in [1.29, 1.82) is 0 Å². The molecule has 130 valence electrons. The van der Waals surface area contributed by atoms with E-state index in [-0.39, 0.29) is 10.8 Å². The van der Waals surface area contributed by atoms with Gasteiger partial charge in [0.05, 0.1) is 4.90 Å². The molecule has 0 N–H and O–H groups in total. The monoisotopic (exact) mass is 361 g/mol. The first-order valence-electron chi connectivity index (χ1n) is 8.53. The Bertz CT molecular complexity index is 1090. The normalized spacial score (nSPS) is 17.0. The quantitative estimate of drug-likeness (QED) is 0.655. The molecule has 0 unspecified atom stereocenters. The maximum Gasteiger partial charge on any atom is 0.240 e. The third-order valence-corrected chi connectivity index (χ3v) is 6.20. The standard InChI is InChI=1S/C22H19NO2S/c1-22(2)16-11-7-8-12-17(16)23(3)18(22)13-15-19(24)20(25)21(15)26-14-9-5-4-6-10-14/h4-13H,1-3H3/b18-13-. The van der Waals surface area contributed by atoms with Crippen LogP contribution in [0.3, 0.4) is 0 Å². The molecule has 1 aliphatic rings. The first kappa shape index (κ1) is 16.9. The Hall–Kier alpha value is -2.59. The van der Waals surface area contributed by atoms with Gasteiger partial charge in [0.25, 0.3) is 0 Å². The molecule has 4 heteroatoms. The van der Waals surface area contributed by atoms with E-state index in [0.29, 0.717) is 10.5 Å². The second kappa shape index (κ2) is 5.99. The summed E-state index contributed by atoms with van der Waals surface area (Å²) in [4.78, 5) is 28.0. The third kappa shape index (κ3) is 2.44. The maximum absolute atomic E-state index is 12.3. The summed E-state index contributed by atoms with van der Waals surface area (Å²) in [6.07, 6.45) is 1.90. The lowest BCUT2D eigenvalue weighted by molar-refractivity contribution is 0.644. The highest BCUT2D eigenvalue weighted by Gasteiger charge is 2.38. The number of likely N-dealkylation sites (N-methyl/N-ethyl adjacent to an activating group) is 1. The summed E-state index contributed by atoms with van der Waals surface area (Å²) in [6.45, 7) is 4.30. The van der Waals surface area contributed by atoms with Crippen LogP contribution in [0.15, 0.2) is 79.7 Å². The van der Waals surface area contributed by atoms with E-state index in [1.54, 1.807) is 0 Å². The summed E-state index contributed by atoms with van der Waals surface area (Å²) in [7, 11) is 2.01. The molecule has 0 aromatic heterocycles. The van der Waals surface area contributed by atoms with Crippen LogP contribution >= 0.6 is 11.8 Å². The predicted molar refractivity (Wildman–Crippen MR) is 108 cm³/mol. The van der Waals surface area contributed by atoms with Gasteiger partial charge in [-0.3, -0.25) is 9.59 Å². The van der Waals surface area contributed by atoms with Gasteiger partial charge in [-0.2, -0.15) is 0 Å². The minimum Gasteiger partial charge on any atom is -0.347 e. The van der Waals surface area contributed by atoms with Crippen LogP contribution in [0.1, 0.15) is 25.0 Å². The van der Waals surface area contributed by atoms with E-state index in [4.69, 9.17) is 0 Å². The van der Waals surface area contributed by atoms with Gasteiger partial charge < -0.3 is 4.90 Å². The van der Waals surface area contributed by atoms with Crippen molar-refractivity contribution in [3.63, 3.8) is 0 Å². The molecule has 0 saturated heterocycles. The Morgan fingerprint density at radius 1 is 0.923 bits per heavy atom. The molecule has 0 fully saturated rings. The lowest BCUT2D eigenvalue weighted by Crippen LogP contribution is -2.36. The fraction of sp³-hybridized carbons (Fsp3) is 0.182. The zero-order chi connectivity index (χ0) is 18.5. The van der Waals surface area contributed by atoms with Crippen LogP contribution in [-0.2, 0) is 5.41 Å². The van der Waals surface area contributed by atoms with Crippen LogP contribution in [0.25, 0.3) is 6.08 Å². The summed E-state index contributed by atoms with van der Waals surface area (Å²) in [5, 5.41) is 0. The Balaban J connectivity index is 1.78. The van der Waals surface area contributed by atoms with Crippen molar-refractivity contribution in [1.82, 2.24) is 0 Å². The number of hydrogen-bond acceptors (Lipinski definition) is 4. The molecule has 26 heavy (non-hydrogen) atoms. The number of nitrogens with zero attached hydrogens (tertiary/aromatic N) is 1. The van der Waals surface area contributed by atoms with Crippen LogP contribution < -0.4 is 15.8 Å². The zero-order valence-corrected chi connectivity index (χ0v) is 15.8. The molecule has 0 aliphatic carbocycles. The van der Waals surface area contributed by atoms with Crippen molar-refractivity contribution in [3.05, 3.63) is 91.9 Å². The molecule has 0 atom stereocenters. The predicted octanol–water partition coefficient (Wildman–Crippen LogP) is 4.20. The van der Waals surface area contributed by atoms with Gasteiger partial charge in [-0.1, -0.05) is 62.0 Å². The first-order chi connectivity index (χ1) is 12.4. The molecule has 0 spiro atoms. The van der Waals surface area contributed by atoms with Crippen molar-refractivity contribution in [3.8, 4) is 0 Å². The summed E-state index contributed by atoms with van der Waals surface area (Å²) in [5.74, 6) is 0. The van der Waals surface area contributed by atoms with Gasteiger partial charge in [-0.05, 0) is 29.8 Å². The zero-order valence-electron chi connectivity index (χ0n) is 14.9. The smallest absolute Gasteiger partial charge is 0.240 e. The number of rotatable bonds is 3. The Kier molecular flexibility index (Phi) is 3.88. The molecule has 0 saturated carbocycles. The van der Waals surface area contributed by atoms with E-state index >= 15 is 0 Å². The van der Waals surface area contributed by atoms with E-state index in [0.717, 1.165) is 16.3 Å². The molecule has 3 aromatic rings. The second-order valence-electron chi connectivity index (χ2n) is 7.05. The van der Waals surface area contributed by atoms with E-state index in [1.165, 1.54) is 17.3 Å². The van der Waals surface area contributed by atoms with E-state index in [2.05, 4.69) is 30.9 Å². The van der Waals surface area contributed by atoms with Crippen molar-refractivity contribution < 1.29 is 0 Å². The van der Waals surface area contributed by atoms with Gasteiger partial charge in [-0.25, -0.2) is 0 Å². The van der Waals surface area contributed by atoms with Crippen molar-refractivity contribution >= 4 is 23.5 Å². The molecule has 0 bridgehead atoms. The SMILES string of the molecule is CN1/C(=C\c2c(Sc3ccccc3)c(=O)c2=O)C(C)(C)c2ccccc21. The lowest BCUT2D eigenvalue weighted by Gasteiger charge is -2.24. The van der Waals surface area contributed by atoms with E-state index < -0.39 is 5.43 Å². The van der Waals surface area contributed by atoms with Crippen LogP contribution in [0.4, 0.5) is 5.69 Å². The van der Waals surface area contributed by atoms with Crippen LogP contribution in [0.2, 0.25) is 0 Å². The summed E-state index contributed by atoms with van der Waals surface area (Å²) in [6, 6.07) is 17.9. The Morgan fingerprint density at radius 3 is 2.27 bits per heavy atom. The summed E-state index contributed by atoms with van der Waals surface area (Å²) >= 11 is 1.37. The number of para-hydroxylation sites is 1. The van der Waals surface area contributed by atoms with Crippen LogP contribution in [0.5, 0.6) is 0 Å². The minimum absolute atomic E-state index is 0.222. The largest absolute Gasteiger partial charge is 0.347 e. The molecule has 1 heterocycles. The highest BCUT2D eigenvalue weighted by atomic mass is 32.2. The molecule has 3 aromatic carbocycles. The summed E-state index contributed by atoms with van der Waals surface area (Å²) in [5.41, 5.74) is 2.91. The molecule has 1 aliphatic heterocycles. The highest BCUT2D eigenvalue weighted by Crippen LogP contribution is 2.47. The lowest BCUT2D eigenvalue weighted by atomic mass is 9.83. The van der Waals surface area contributed by atoms with Gasteiger partial charge in [0, 0.05) is 34.3 Å². The number of anilines is 1. The van der Waals surface area contributed by atoms with Crippen molar-refractivity contribution in [2.45, 2.75) is 29.1 Å². The van der Waals surface area contributed by atoms with Gasteiger partial charge in [0.15, 0.2) is 0 Å². The molecular formula is C22H19NO2S. The molecule has 0 amide bonds. The third-order valence-electron chi connectivity index (χ3n) is 5.09. The molecular weight excluding hydrogens is 342 g/mol. The molecule has 0 radical (unpaired) electrons. The van der Waals surface area contributed by atoms with Crippen molar-refractivity contribution in [2.75, 3.05) is 11.9 Å². The minimum atomic E-state index is -0.393. The Morgan fingerprint density at radius 2 is 1.58 bits per heavy atom.